The SMILES string of the molecule is CC(C)c1ccc(C(NN)c2cc(Cl)ccc2I)cc1. The first kappa shape index (κ1) is 15.8. The van der Waals surface area contributed by atoms with Crippen molar-refractivity contribution in [1.29, 1.82) is 0 Å². The highest BCUT2D eigenvalue weighted by molar-refractivity contribution is 14.1. The number of nitrogens with one attached hydrogen (secondary N) is 1. The van der Waals surface area contributed by atoms with E-state index in [2.05, 4.69) is 66.1 Å². The number of hydrazine groups is 1. The Balaban J connectivity index is 2.39. The minimum atomic E-state index is -0.0539. The minimum absolute atomic E-state index is 0.0539. The van der Waals surface area contributed by atoms with Gasteiger partial charge in [-0.05, 0) is 63.4 Å². The van der Waals surface area contributed by atoms with Gasteiger partial charge in [-0.3, -0.25) is 5.84 Å². The molecule has 2 rings (SSSR count). The van der Waals surface area contributed by atoms with Gasteiger partial charge in [-0.25, -0.2) is 5.43 Å². The van der Waals surface area contributed by atoms with E-state index < -0.39 is 0 Å². The molecule has 0 aromatic heterocycles. The maximum atomic E-state index is 6.10. The number of benzene rings is 2. The van der Waals surface area contributed by atoms with Gasteiger partial charge >= 0.3 is 0 Å². The Labute approximate surface area is 138 Å². The Morgan fingerprint density at radius 2 is 1.65 bits per heavy atom. The molecule has 0 aliphatic carbocycles. The van der Waals surface area contributed by atoms with Gasteiger partial charge in [0.1, 0.15) is 0 Å². The van der Waals surface area contributed by atoms with Crippen molar-refractivity contribution in [3.63, 3.8) is 0 Å². The Morgan fingerprint density at radius 3 is 2.20 bits per heavy atom. The summed E-state index contributed by atoms with van der Waals surface area (Å²) in [5, 5.41) is 0.722. The molecule has 0 saturated heterocycles. The summed E-state index contributed by atoms with van der Waals surface area (Å²) >= 11 is 8.41. The molecule has 4 heteroatoms. The molecule has 2 aromatic rings. The van der Waals surface area contributed by atoms with E-state index in [4.69, 9.17) is 17.4 Å². The molecule has 1 atom stereocenters. The lowest BCUT2D eigenvalue weighted by molar-refractivity contribution is 0.634. The smallest absolute Gasteiger partial charge is 0.0720 e. The van der Waals surface area contributed by atoms with Crippen LogP contribution in [0.2, 0.25) is 5.02 Å². The summed E-state index contributed by atoms with van der Waals surface area (Å²) in [6.07, 6.45) is 0. The van der Waals surface area contributed by atoms with Crippen molar-refractivity contribution >= 4 is 34.2 Å². The Hall–Kier alpha value is -0.620. The van der Waals surface area contributed by atoms with Crippen molar-refractivity contribution in [2.24, 2.45) is 5.84 Å². The second kappa shape index (κ2) is 6.89. The third-order valence-electron chi connectivity index (χ3n) is 3.37. The topological polar surface area (TPSA) is 38.0 Å². The van der Waals surface area contributed by atoms with Crippen LogP contribution in [0.1, 0.15) is 42.5 Å². The largest absolute Gasteiger partial charge is 0.271 e. The second-order valence-corrected chi connectivity index (χ2v) is 6.69. The normalized spacial score (nSPS) is 12.7. The van der Waals surface area contributed by atoms with E-state index in [0.717, 1.165) is 19.7 Å². The molecule has 0 fully saturated rings. The summed E-state index contributed by atoms with van der Waals surface area (Å²) in [5.41, 5.74) is 6.44. The van der Waals surface area contributed by atoms with E-state index in [-0.39, 0.29) is 6.04 Å². The molecule has 3 N–H and O–H groups in total. The zero-order valence-electron chi connectivity index (χ0n) is 11.5. The van der Waals surface area contributed by atoms with Gasteiger partial charge in [-0.15, -0.1) is 0 Å². The monoisotopic (exact) mass is 400 g/mol. The Bertz CT molecular complexity index is 582. The van der Waals surface area contributed by atoms with E-state index in [9.17, 15) is 0 Å². The van der Waals surface area contributed by atoms with Gasteiger partial charge in [-0.1, -0.05) is 49.7 Å². The van der Waals surface area contributed by atoms with Crippen molar-refractivity contribution in [1.82, 2.24) is 5.43 Å². The average Bonchev–Trinajstić information content (AvgIpc) is 2.44. The third kappa shape index (κ3) is 3.52. The molecule has 2 nitrogen and oxygen atoms in total. The van der Waals surface area contributed by atoms with E-state index >= 15 is 0 Å². The molecule has 0 aliphatic heterocycles. The molecule has 0 amide bonds. The molecule has 0 radical (unpaired) electrons. The van der Waals surface area contributed by atoms with Crippen LogP contribution in [-0.2, 0) is 0 Å². The number of halogens is 2. The summed E-state index contributed by atoms with van der Waals surface area (Å²) < 4.78 is 1.14. The van der Waals surface area contributed by atoms with Gasteiger partial charge in [0.15, 0.2) is 0 Å². The van der Waals surface area contributed by atoms with Crippen LogP contribution < -0.4 is 11.3 Å². The fourth-order valence-corrected chi connectivity index (χ4v) is 3.00. The van der Waals surface area contributed by atoms with E-state index in [1.165, 1.54) is 5.56 Å². The number of hydrogen-bond acceptors (Lipinski definition) is 2. The first-order valence-electron chi connectivity index (χ1n) is 6.54. The van der Waals surface area contributed by atoms with Crippen LogP contribution >= 0.6 is 34.2 Å². The first-order valence-corrected chi connectivity index (χ1v) is 7.99. The van der Waals surface area contributed by atoms with Crippen LogP contribution in [0.5, 0.6) is 0 Å². The molecule has 2 aromatic carbocycles. The third-order valence-corrected chi connectivity index (χ3v) is 4.59. The number of nitrogens with two attached hydrogens (primary N) is 1. The predicted octanol–water partition coefficient (Wildman–Crippen LogP) is 4.62. The molecule has 1 unspecified atom stereocenters. The molecule has 0 spiro atoms. The minimum Gasteiger partial charge on any atom is -0.271 e. The van der Waals surface area contributed by atoms with E-state index in [1.54, 1.807) is 0 Å². The second-order valence-electron chi connectivity index (χ2n) is 5.09. The maximum Gasteiger partial charge on any atom is 0.0720 e. The zero-order chi connectivity index (χ0) is 14.7. The molecular formula is C16H18ClIN2. The summed E-state index contributed by atoms with van der Waals surface area (Å²) in [4.78, 5) is 0. The molecular weight excluding hydrogens is 383 g/mol. The highest BCUT2D eigenvalue weighted by Crippen LogP contribution is 2.29. The van der Waals surface area contributed by atoms with Crippen LogP contribution in [0.25, 0.3) is 0 Å². The molecule has 0 bridgehead atoms. The lowest BCUT2D eigenvalue weighted by Gasteiger charge is -2.19. The van der Waals surface area contributed by atoms with Crippen molar-refractivity contribution in [2.75, 3.05) is 0 Å². The van der Waals surface area contributed by atoms with Crippen molar-refractivity contribution in [3.8, 4) is 0 Å². The summed E-state index contributed by atoms with van der Waals surface area (Å²) in [6.45, 7) is 4.38. The molecule has 0 saturated carbocycles. The van der Waals surface area contributed by atoms with Gasteiger partial charge in [0.2, 0.25) is 0 Å². The highest BCUT2D eigenvalue weighted by Gasteiger charge is 2.16. The van der Waals surface area contributed by atoms with E-state index in [0.29, 0.717) is 5.92 Å². The van der Waals surface area contributed by atoms with Crippen LogP contribution in [0, 0.1) is 3.57 Å². The lowest BCUT2D eigenvalue weighted by atomic mass is 9.96. The van der Waals surface area contributed by atoms with Gasteiger partial charge in [0.05, 0.1) is 6.04 Å². The van der Waals surface area contributed by atoms with Crippen molar-refractivity contribution < 1.29 is 0 Å². The molecule has 0 heterocycles. The lowest BCUT2D eigenvalue weighted by Crippen LogP contribution is -2.29. The van der Waals surface area contributed by atoms with Gasteiger partial charge in [0, 0.05) is 8.59 Å². The van der Waals surface area contributed by atoms with Gasteiger partial charge < -0.3 is 0 Å². The predicted molar refractivity (Wildman–Crippen MR) is 93.9 cm³/mol. The molecule has 106 valence electrons. The summed E-state index contributed by atoms with van der Waals surface area (Å²) in [6, 6.07) is 14.4. The summed E-state index contributed by atoms with van der Waals surface area (Å²) in [7, 11) is 0. The van der Waals surface area contributed by atoms with Gasteiger partial charge in [0.25, 0.3) is 0 Å². The Morgan fingerprint density at radius 1 is 1.05 bits per heavy atom. The maximum absolute atomic E-state index is 6.10. The average molecular weight is 401 g/mol. The number of hydrogen-bond donors (Lipinski definition) is 2. The standard InChI is InChI=1S/C16H18ClIN2/c1-10(2)11-3-5-12(6-4-11)16(20-19)14-9-13(17)7-8-15(14)18/h3-10,16,20H,19H2,1-2H3. The van der Waals surface area contributed by atoms with Crippen LogP contribution in [0.15, 0.2) is 42.5 Å². The number of rotatable bonds is 4. The first-order chi connectivity index (χ1) is 9.52. The quantitative estimate of drug-likeness (QED) is 0.446. The van der Waals surface area contributed by atoms with Crippen LogP contribution in [0.3, 0.4) is 0 Å². The fraction of sp³-hybridized carbons (Fsp3) is 0.250. The molecule has 20 heavy (non-hydrogen) atoms. The fourth-order valence-electron chi connectivity index (χ4n) is 2.17. The van der Waals surface area contributed by atoms with E-state index in [1.807, 2.05) is 18.2 Å². The summed E-state index contributed by atoms with van der Waals surface area (Å²) in [5.74, 6) is 6.28. The highest BCUT2D eigenvalue weighted by atomic mass is 127. The van der Waals surface area contributed by atoms with Gasteiger partial charge in [-0.2, -0.15) is 0 Å². The Kier molecular flexibility index (Phi) is 5.43. The van der Waals surface area contributed by atoms with Crippen molar-refractivity contribution in [2.45, 2.75) is 25.8 Å². The van der Waals surface area contributed by atoms with Crippen LogP contribution in [0.4, 0.5) is 0 Å². The molecule has 0 aliphatic rings. The van der Waals surface area contributed by atoms with Crippen molar-refractivity contribution in [3.05, 3.63) is 67.7 Å². The zero-order valence-corrected chi connectivity index (χ0v) is 14.4. The van der Waals surface area contributed by atoms with Crippen LogP contribution in [-0.4, -0.2) is 0 Å².